The number of hydrogen-bond acceptors (Lipinski definition) is 4. The number of amides is 5. The van der Waals surface area contributed by atoms with Crippen LogP contribution in [0.15, 0.2) is 24.3 Å². The standard InChI is InChI=1S/C19H23FN4O4/c1-12(25)21-15(13-3-5-14(20)6-4-13)11-16(26)24-9-7-19(8-10-24)17(27)23(2)18(28)22-19/h3-6,15H,7-11H2,1-2H3,(H,21,25)(H,22,28). The summed E-state index contributed by atoms with van der Waals surface area (Å²) in [7, 11) is 1.44. The number of nitrogens with one attached hydrogen (secondary N) is 2. The van der Waals surface area contributed by atoms with Gasteiger partial charge in [0.2, 0.25) is 11.8 Å². The summed E-state index contributed by atoms with van der Waals surface area (Å²) in [6.45, 7) is 2.01. The molecule has 0 radical (unpaired) electrons. The van der Waals surface area contributed by atoms with E-state index in [0.29, 0.717) is 31.5 Å². The Kier molecular flexibility index (Phi) is 5.35. The average Bonchev–Trinajstić information content (AvgIpc) is 2.86. The lowest BCUT2D eigenvalue weighted by molar-refractivity contribution is -0.138. The topological polar surface area (TPSA) is 98.8 Å². The van der Waals surface area contributed by atoms with E-state index >= 15 is 0 Å². The molecule has 0 aromatic heterocycles. The van der Waals surface area contributed by atoms with Crippen LogP contribution in [0.2, 0.25) is 0 Å². The Labute approximate surface area is 162 Å². The first kappa shape index (κ1) is 19.8. The zero-order valence-electron chi connectivity index (χ0n) is 15.8. The van der Waals surface area contributed by atoms with Crippen molar-refractivity contribution in [2.24, 2.45) is 0 Å². The van der Waals surface area contributed by atoms with Crippen molar-refractivity contribution in [1.29, 1.82) is 0 Å². The van der Waals surface area contributed by atoms with Crippen molar-refractivity contribution in [3.8, 4) is 0 Å². The highest BCUT2D eigenvalue weighted by Crippen LogP contribution is 2.29. The molecule has 9 heteroatoms. The molecule has 1 spiro atoms. The molecule has 2 saturated heterocycles. The molecule has 3 rings (SSSR count). The van der Waals surface area contributed by atoms with Gasteiger partial charge in [-0.3, -0.25) is 19.3 Å². The number of carbonyl (C=O) groups is 4. The molecule has 1 atom stereocenters. The number of piperidine rings is 1. The Morgan fingerprint density at radius 2 is 1.82 bits per heavy atom. The summed E-state index contributed by atoms with van der Waals surface area (Å²) in [6, 6.07) is 4.65. The van der Waals surface area contributed by atoms with E-state index in [0.717, 1.165) is 4.90 Å². The molecule has 2 fully saturated rings. The summed E-state index contributed by atoms with van der Waals surface area (Å²) in [6.07, 6.45) is 0.711. The molecule has 1 unspecified atom stereocenters. The molecule has 2 heterocycles. The van der Waals surface area contributed by atoms with Crippen LogP contribution >= 0.6 is 0 Å². The summed E-state index contributed by atoms with van der Waals surface area (Å²) >= 11 is 0. The summed E-state index contributed by atoms with van der Waals surface area (Å²) in [5.74, 6) is -1.14. The van der Waals surface area contributed by atoms with Crippen LogP contribution in [0.1, 0.15) is 37.8 Å². The molecule has 0 bridgehead atoms. The van der Waals surface area contributed by atoms with Crippen LogP contribution in [0, 0.1) is 5.82 Å². The number of hydrogen-bond donors (Lipinski definition) is 2. The Hall–Kier alpha value is -2.97. The first-order chi connectivity index (χ1) is 13.2. The molecule has 2 N–H and O–H groups in total. The van der Waals surface area contributed by atoms with Gasteiger partial charge in [0.1, 0.15) is 11.4 Å². The molecular formula is C19H23FN4O4. The minimum absolute atomic E-state index is 0.0262. The van der Waals surface area contributed by atoms with Gasteiger partial charge in [0.15, 0.2) is 0 Å². The molecule has 150 valence electrons. The summed E-state index contributed by atoms with van der Waals surface area (Å²) in [5.41, 5.74) is -0.297. The van der Waals surface area contributed by atoms with Crippen LogP contribution in [0.25, 0.3) is 0 Å². The maximum atomic E-state index is 13.2. The maximum absolute atomic E-state index is 13.2. The summed E-state index contributed by atoms with van der Waals surface area (Å²) in [5, 5.41) is 5.46. The van der Waals surface area contributed by atoms with Crippen LogP contribution in [0.5, 0.6) is 0 Å². The second kappa shape index (κ2) is 7.57. The number of benzene rings is 1. The normalized spacial score (nSPS) is 19.5. The van der Waals surface area contributed by atoms with Crippen LogP contribution in [0.3, 0.4) is 0 Å². The average molecular weight is 390 g/mol. The van der Waals surface area contributed by atoms with Crippen LogP contribution in [-0.2, 0) is 14.4 Å². The number of likely N-dealkylation sites (N-methyl/N-ethyl adjacent to an activating group) is 1. The highest BCUT2D eigenvalue weighted by atomic mass is 19.1. The van der Waals surface area contributed by atoms with E-state index in [2.05, 4.69) is 10.6 Å². The van der Waals surface area contributed by atoms with E-state index in [1.165, 1.54) is 38.2 Å². The number of urea groups is 1. The minimum atomic E-state index is -0.934. The minimum Gasteiger partial charge on any atom is -0.349 e. The quantitative estimate of drug-likeness (QED) is 0.748. The molecule has 0 saturated carbocycles. The fourth-order valence-electron chi connectivity index (χ4n) is 3.73. The number of rotatable bonds is 4. The molecule has 1 aromatic rings. The third-order valence-corrected chi connectivity index (χ3v) is 5.36. The first-order valence-electron chi connectivity index (χ1n) is 9.12. The van der Waals surface area contributed by atoms with E-state index < -0.39 is 23.4 Å². The predicted octanol–water partition coefficient (Wildman–Crippen LogP) is 0.936. The smallest absolute Gasteiger partial charge is 0.324 e. The Balaban J connectivity index is 1.65. The third kappa shape index (κ3) is 3.83. The summed E-state index contributed by atoms with van der Waals surface area (Å²) < 4.78 is 13.2. The van der Waals surface area contributed by atoms with Crippen molar-refractivity contribution in [3.05, 3.63) is 35.6 Å². The molecular weight excluding hydrogens is 367 g/mol. The van der Waals surface area contributed by atoms with Crippen LogP contribution in [-0.4, -0.2) is 59.2 Å². The molecule has 2 aliphatic rings. The third-order valence-electron chi connectivity index (χ3n) is 5.36. The molecule has 0 aliphatic carbocycles. The Morgan fingerprint density at radius 1 is 1.21 bits per heavy atom. The maximum Gasteiger partial charge on any atom is 0.324 e. The van der Waals surface area contributed by atoms with Gasteiger partial charge in [-0.2, -0.15) is 0 Å². The van der Waals surface area contributed by atoms with Gasteiger partial charge in [0, 0.05) is 27.1 Å². The van der Waals surface area contributed by atoms with Gasteiger partial charge in [-0.15, -0.1) is 0 Å². The lowest BCUT2D eigenvalue weighted by Gasteiger charge is -2.37. The van der Waals surface area contributed by atoms with Gasteiger partial charge >= 0.3 is 6.03 Å². The molecule has 1 aromatic carbocycles. The number of imide groups is 1. The van der Waals surface area contributed by atoms with Crippen molar-refractivity contribution in [1.82, 2.24) is 20.4 Å². The number of likely N-dealkylation sites (tertiary alicyclic amines) is 1. The van der Waals surface area contributed by atoms with Crippen molar-refractivity contribution >= 4 is 23.8 Å². The SMILES string of the molecule is CC(=O)NC(CC(=O)N1CCC2(CC1)NC(=O)N(C)C2=O)c1ccc(F)cc1. The van der Waals surface area contributed by atoms with Gasteiger partial charge in [-0.05, 0) is 30.5 Å². The van der Waals surface area contributed by atoms with E-state index in [-0.39, 0.29) is 24.1 Å². The van der Waals surface area contributed by atoms with Crippen molar-refractivity contribution in [3.63, 3.8) is 0 Å². The fourth-order valence-corrected chi connectivity index (χ4v) is 3.73. The highest BCUT2D eigenvalue weighted by molar-refractivity contribution is 6.06. The van der Waals surface area contributed by atoms with Crippen molar-refractivity contribution < 1.29 is 23.6 Å². The van der Waals surface area contributed by atoms with Crippen LogP contribution in [0.4, 0.5) is 9.18 Å². The van der Waals surface area contributed by atoms with E-state index in [1.54, 1.807) is 4.90 Å². The monoisotopic (exact) mass is 390 g/mol. The fraction of sp³-hybridized carbons (Fsp3) is 0.474. The molecule has 8 nitrogen and oxygen atoms in total. The predicted molar refractivity (Wildman–Crippen MR) is 97.4 cm³/mol. The zero-order valence-corrected chi connectivity index (χ0v) is 15.8. The second-order valence-corrected chi connectivity index (χ2v) is 7.27. The molecule has 2 aliphatic heterocycles. The van der Waals surface area contributed by atoms with Gasteiger partial charge in [-0.1, -0.05) is 12.1 Å². The zero-order chi connectivity index (χ0) is 20.5. The lowest BCUT2D eigenvalue weighted by Crippen LogP contribution is -2.56. The van der Waals surface area contributed by atoms with Gasteiger partial charge < -0.3 is 15.5 Å². The van der Waals surface area contributed by atoms with Crippen molar-refractivity contribution in [2.45, 2.75) is 37.8 Å². The Bertz CT molecular complexity index is 803. The van der Waals surface area contributed by atoms with Gasteiger partial charge in [0.05, 0.1) is 12.5 Å². The summed E-state index contributed by atoms with van der Waals surface area (Å²) in [4.78, 5) is 51.1. The largest absolute Gasteiger partial charge is 0.349 e. The number of nitrogens with zero attached hydrogens (tertiary/aromatic N) is 2. The van der Waals surface area contributed by atoms with Gasteiger partial charge in [-0.25, -0.2) is 9.18 Å². The second-order valence-electron chi connectivity index (χ2n) is 7.27. The van der Waals surface area contributed by atoms with E-state index in [4.69, 9.17) is 0 Å². The van der Waals surface area contributed by atoms with Gasteiger partial charge in [0.25, 0.3) is 5.91 Å². The molecule has 28 heavy (non-hydrogen) atoms. The van der Waals surface area contributed by atoms with E-state index in [9.17, 15) is 23.6 Å². The number of carbonyl (C=O) groups excluding carboxylic acids is 4. The number of halogens is 1. The van der Waals surface area contributed by atoms with Crippen molar-refractivity contribution in [2.75, 3.05) is 20.1 Å². The Morgan fingerprint density at radius 3 is 2.32 bits per heavy atom. The van der Waals surface area contributed by atoms with E-state index in [1.807, 2.05) is 0 Å². The molecule has 5 amide bonds. The first-order valence-corrected chi connectivity index (χ1v) is 9.12. The highest BCUT2D eigenvalue weighted by Gasteiger charge is 2.51. The van der Waals surface area contributed by atoms with Crippen LogP contribution < -0.4 is 10.6 Å². The lowest BCUT2D eigenvalue weighted by atomic mass is 9.87.